The molecule has 1 saturated carbocycles. The van der Waals surface area contributed by atoms with Gasteiger partial charge in [-0.1, -0.05) is 35.2 Å². The first-order chi connectivity index (χ1) is 10.1. The molecule has 1 heterocycles. The van der Waals surface area contributed by atoms with Gasteiger partial charge in [0.05, 0.1) is 0 Å². The minimum absolute atomic E-state index is 0.119. The standard InChI is InChI=1S/C17H23BrN2O/c18-14-10-13(11-15(19)12-14)16(21)20-8-6-17(7-9-20)4-2-1-3-5-17/h10-12H,1-9,19H2. The molecule has 2 N–H and O–H groups in total. The summed E-state index contributed by atoms with van der Waals surface area (Å²) < 4.78 is 0.867. The molecular weight excluding hydrogens is 328 g/mol. The number of hydrogen-bond donors (Lipinski definition) is 1. The molecule has 4 heteroatoms. The van der Waals surface area contributed by atoms with Gasteiger partial charge in [-0.25, -0.2) is 0 Å². The molecular formula is C17H23BrN2O. The van der Waals surface area contributed by atoms with Gasteiger partial charge in [0.25, 0.3) is 5.91 Å². The second kappa shape index (κ2) is 5.99. The summed E-state index contributed by atoms with van der Waals surface area (Å²) in [7, 11) is 0. The Bertz CT molecular complexity index is 507. The van der Waals surface area contributed by atoms with E-state index in [1.165, 1.54) is 44.9 Å². The van der Waals surface area contributed by atoms with Crippen LogP contribution in [-0.2, 0) is 0 Å². The Balaban J connectivity index is 1.67. The van der Waals surface area contributed by atoms with Crippen molar-refractivity contribution in [2.24, 2.45) is 5.41 Å². The lowest BCUT2D eigenvalue weighted by atomic mass is 9.68. The molecule has 3 rings (SSSR count). The predicted octanol–water partition coefficient (Wildman–Crippen LogP) is 4.22. The van der Waals surface area contributed by atoms with Gasteiger partial charge >= 0.3 is 0 Å². The fourth-order valence-electron chi connectivity index (χ4n) is 3.90. The zero-order chi connectivity index (χ0) is 14.9. The number of anilines is 1. The van der Waals surface area contributed by atoms with Crippen molar-refractivity contribution >= 4 is 27.5 Å². The van der Waals surface area contributed by atoms with E-state index in [0.717, 1.165) is 17.6 Å². The summed E-state index contributed by atoms with van der Waals surface area (Å²) in [5.41, 5.74) is 7.70. The minimum atomic E-state index is 0.119. The first kappa shape index (κ1) is 14.9. The number of nitrogens with zero attached hydrogens (tertiary/aromatic N) is 1. The van der Waals surface area contributed by atoms with E-state index < -0.39 is 0 Å². The lowest BCUT2D eigenvalue weighted by Crippen LogP contribution is -2.43. The Kier molecular flexibility index (Phi) is 4.25. The van der Waals surface area contributed by atoms with Crippen molar-refractivity contribution in [1.29, 1.82) is 0 Å². The van der Waals surface area contributed by atoms with E-state index in [0.29, 0.717) is 16.7 Å². The van der Waals surface area contributed by atoms with Gasteiger partial charge in [0.1, 0.15) is 0 Å². The average molecular weight is 351 g/mol. The zero-order valence-electron chi connectivity index (χ0n) is 12.4. The molecule has 1 amide bonds. The van der Waals surface area contributed by atoms with Crippen LogP contribution in [0.4, 0.5) is 5.69 Å². The van der Waals surface area contributed by atoms with Gasteiger partial charge in [0.15, 0.2) is 0 Å². The Morgan fingerprint density at radius 2 is 1.71 bits per heavy atom. The highest BCUT2D eigenvalue weighted by molar-refractivity contribution is 9.10. The molecule has 2 aliphatic rings. The maximum atomic E-state index is 12.6. The van der Waals surface area contributed by atoms with Crippen molar-refractivity contribution in [3.8, 4) is 0 Å². The van der Waals surface area contributed by atoms with Crippen LogP contribution in [0.1, 0.15) is 55.3 Å². The molecule has 0 aromatic heterocycles. The second-order valence-corrected chi connectivity index (χ2v) is 7.54. The summed E-state index contributed by atoms with van der Waals surface area (Å²) in [5.74, 6) is 0.119. The van der Waals surface area contributed by atoms with Crippen molar-refractivity contribution in [3.05, 3.63) is 28.2 Å². The molecule has 3 nitrogen and oxygen atoms in total. The molecule has 0 bridgehead atoms. The summed E-state index contributed by atoms with van der Waals surface area (Å²) in [5, 5.41) is 0. The summed E-state index contributed by atoms with van der Waals surface area (Å²) in [6, 6.07) is 5.46. The molecule has 1 saturated heterocycles. The fraction of sp³-hybridized carbons (Fsp3) is 0.588. The van der Waals surface area contributed by atoms with Crippen LogP contribution in [0.5, 0.6) is 0 Å². The van der Waals surface area contributed by atoms with Crippen LogP contribution in [0, 0.1) is 5.41 Å². The molecule has 1 spiro atoms. The van der Waals surface area contributed by atoms with Gasteiger partial charge in [-0.15, -0.1) is 0 Å². The molecule has 2 fully saturated rings. The fourth-order valence-corrected chi connectivity index (χ4v) is 4.42. The predicted molar refractivity (Wildman–Crippen MR) is 89.2 cm³/mol. The van der Waals surface area contributed by atoms with Crippen LogP contribution in [0.2, 0.25) is 0 Å². The number of piperidine rings is 1. The SMILES string of the molecule is Nc1cc(Br)cc(C(=O)N2CCC3(CCCCC3)CC2)c1. The number of nitrogens with two attached hydrogens (primary N) is 1. The second-order valence-electron chi connectivity index (χ2n) is 6.63. The Morgan fingerprint density at radius 1 is 1.05 bits per heavy atom. The molecule has 1 aliphatic carbocycles. The number of halogens is 1. The van der Waals surface area contributed by atoms with E-state index in [1.54, 1.807) is 6.07 Å². The number of likely N-dealkylation sites (tertiary alicyclic amines) is 1. The molecule has 1 aliphatic heterocycles. The lowest BCUT2D eigenvalue weighted by Gasteiger charge is -2.44. The van der Waals surface area contributed by atoms with Gasteiger partial charge in [-0.2, -0.15) is 0 Å². The summed E-state index contributed by atoms with van der Waals surface area (Å²) in [6.45, 7) is 1.79. The van der Waals surface area contributed by atoms with Gasteiger partial charge in [-0.3, -0.25) is 4.79 Å². The largest absolute Gasteiger partial charge is 0.399 e. The van der Waals surface area contributed by atoms with Crippen molar-refractivity contribution in [1.82, 2.24) is 4.90 Å². The highest BCUT2D eigenvalue weighted by atomic mass is 79.9. The van der Waals surface area contributed by atoms with Crippen molar-refractivity contribution in [2.45, 2.75) is 44.9 Å². The molecule has 114 valence electrons. The van der Waals surface area contributed by atoms with E-state index in [4.69, 9.17) is 5.73 Å². The smallest absolute Gasteiger partial charge is 0.253 e. The van der Waals surface area contributed by atoms with E-state index in [2.05, 4.69) is 15.9 Å². The third-order valence-corrected chi connectivity index (χ3v) is 5.65. The van der Waals surface area contributed by atoms with Crippen molar-refractivity contribution < 1.29 is 4.79 Å². The maximum Gasteiger partial charge on any atom is 0.253 e. The summed E-state index contributed by atoms with van der Waals surface area (Å²) in [4.78, 5) is 14.6. The highest BCUT2D eigenvalue weighted by Gasteiger charge is 2.36. The third-order valence-electron chi connectivity index (χ3n) is 5.19. The monoisotopic (exact) mass is 350 g/mol. The van der Waals surface area contributed by atoms with Gasteiger partial charge < -0.3 is 10.6 Å². The zero-order valence-corrected chi connectivity index (χ0v) is 14.0. The number of carbonyl (C=O) groups excluding carboxylic acids is 1. The molecule has 1 aromatic carbocycles. The minimum Gasteiger partial charge on any atom is -0.399 e. The highest BCUT2D eigenvalue weighted by Crippen LogP contribution is 2.44. The maximum absolute atomic E-state index is 12.6. The third kappa shape index (κ3) is 3.25. The van der Waals surface area contributed by atoms with Crippen molar-refractivity contribution in [3.63, 3.8) is 0 Å². The first-order valence-corrected chi connectivity index (χ1v) is 8.73. The van der Waals surface area contributed by atoms with E-state index in [9.17, 15) is 4.79 Å². The van der Waals surface area contributed by atoms with Crippen LogP contribution in [-0.4, -0.2) is 23.9 Å². The molecule has 21 heavy (non-hydrogen) atoms. The van der Waals surface area contributed by atoms with Crippen molar-refractivity contribution in [2.75, 3.05) is 18.8 Å². The van der Waals surface area contributed by atoms with Crippen LogP contribution in [0.15, 0.2) is 22.7 Å². The van der Waals surface area contributed by atoms with Crippen LogP contribution < -0.4 is 5.73 Å². The quantitative estimate of drug-likeness (QED) is 0.770. The van der Waals surface area contributed by atoms with Gasteiger partial charge in [0.2, 0.25) is 0 Å². The number of benzene rings is 1. The average Bonchev–Trinajstić information content (AvgIpc) is 2.47. The Labute approximate surface area is 135 Å². The van der Waals surface area contributed by atoms with E-state index in [-0.39, 0.29) is 5.91 Å². The Hall–Kier alpha value is -1.03. The van der Waals surface area contributed by atoms with Gasteiger partial charge in [0, 0.05) is 28.8 Å². The summed E-state index contributed by atoms with van der Waals surface area (Å²) >= 11 is 3.41. The van der Waals surface area contributed by atoms with E-state index in [1.807, 2.05) is 17.0 Å². The summed E-state index contributed by atoms with van der Waals surface area (Å²) in [6.07, 6.45) is 9.19. The molecule has 0 unspecified atom stereocenters. The molecule has 0 radical (unpaired) electrons. The molecule has 1 aromatic rings. The number of rotatable bonds is 1. The normalized spacial score (nSPS) is 21.5. The first-order valence-electron chi connectivity index (χ1n) is 7.93. The lowest BCUT2D eigenvalue weighted by molar-refractivity contribution is 0.0472. The Morgan fingerprint density at radius 3 is 2.33 bits per heavy atom. The van der Waals surface area contributed by atoms with E-state index >= 15 is 0 Å². The van der Waals surface area contributed by atoms with Crippen LogP contribution in [0.25, 0.3) is 0 Å². The van der Waals surface area contributed by atoms with Gasteiger partial charge in [-0.05, 0) is 49.3 Å². The number of nitrogen functional groups attached to an aromatic ring is 1. The number of hydrogen-bond acceptors (Lipinski definition) is 2. The topological polar surface area (TPSA) is 46.3 Å². The van der Waals surface area contributed by atoms with Crippen LogP contribution >= 0.6 is 15.9 Å². The number of amides is 1. The number of carbonyl (C=O) groups is 1. The van der Waals surface area contributed by atoms with Crippen LogP contribution in [0.3, 0.4) is 0 Å². The molecule has 0 atom stereocenters.